The van der Waals surface area contributed by atoms with Crippen molar-refractivity contribution < 1.29 is 0 Å². The van der Waals surface area contributed by atoms with Gasteiger partial charge in [-0.2, -0.15) is 0 Å². The summed E-state index contributed by atoms with van der Waals surface area (Å²) >= 11 is 0. The molecule has 0 aliphatic rings. The van der Waals surface area contributed by atoms with Crippen molar-refractivity contribution in [3.63, 3.8) is 0 Å². The zero-order valence-corrected chi connectivity index (χ0v) is 14.7. The van der Waals surface area contributed by atoms with Gasteiger partial charge < -0.3 is 4.90 Å². The summed E-state index contributed by atoms with van der Waals surface area (Å²) in [6.07, 6.45) is 4.95. The molecule has 0 aromatic heterocycles. The van der Waals surface area contributed by atoms with Gasteiger partial charge in [-0.1, -0.05) is 47.6 Å². The molecule has 1 atom stereocenters. The van der Waals surface area contributed by atoms with Crippen molar-refractivity contribution in [3.05, 3.63) is 12.3 Å². The highest BCUT2D eigenvalue weighted by Gasteiger charge is 2.21. The van der Waals surface area contributed by atoms with Crippen LogP contribution in [0.5, 0.6) is 0 Å². The van der Waals surface area contributed by atoms with Gasteiger partial charge in [-0.25, -0.2) is 0 Å². The smallest absolute Gasteiger partial charge is 0.0284 e. The summed E-state index contributed by atoms with van der Waals surface area (Å²) in [5.74, 6) is 0.672. The van der Waals surface area contributed by atoms with E-state index in [-0.39, 0.29) is 0 Å². The molecule has 0 amide bonds. The first kappa shape index (κ1) is 18.5. The van der Waals surface area contributed by atoms with Gasteiger partial charge >= 0.3 is 0 Å². The minimum Gasteiger partial charge on any atom is -0.370 e. The van der Waals surface area contributed by atoms with E-state index in [9.17, 15) is 0 Å². The molecule has 0 radical (unpaired) electrons. The van der Waals surface area contributed by atoms with Gasteiger partial charge in [0.1, 0.15) is 0 Å². The first-order valence-corrected chi connectivity index (χ1v) is 8.08. The third-order valence-electron chi connectivity index (χ3n) is 4.60. The summed E-state index contributed by atoms with van der Waals surface area (Å²) in [5.41, 5.74) is 1.80. The first-order valence-electron chi connectivity index (χ1n) is 8.08. The predicted octanol–water partition coefficient (Wildman–Crippen LogP) is 5.86. The van der Waals surface area contributed by atoms with E-state index in [4.69, 9.17) is 0 Å². The Morgan fingerprint density at radius 3 is 2.00 bits per heavy atom. The van der Waals surface area contributed by atoms with Crippen LogP contribution in [-0.2, 0) is 0 Å². The Morgan fingerprint density at radius 2 is 1.63 bits per heavy atom. The summed E-state index contributed by atoms with van der Waals surface area (Å²) in [6, 6.07) is 1.12. The maximum Gasteiger partial charge on any atom is 0.0284 e. The molecule has 0 heterocycles. The maximum atomic E-state index is 4.35. The predicted molar refractivity (Wildman–Crippen MR) is 88.3 cm³/mol. The van der Waals surface area contributed by atoms with E-state index in [2.05, 4.69) is 66.9 Å². The van der Waals surface area contributed by atoms with Crippen molar-refractivity contribution >= 4 is 0 Å². The summed E-state index contributed by atoms with van der Waals surface area (Å²) in [4.78, 5) is 2.52. The molecule has 0 aliphatic carbocycles. The molecule has 0 fully saturated rings. The second-order valence-electron chi connectivity index (χ2n) is 7.42. The number of hydrogen-bond donors (Lipinski definition) is 0. The van der Waals surface area contributed by atoms with E-state index < -0.39 is 0 Å². The van der Waals surface area contributed by atoms with Gasteiger partial charge in [-0.05, 0) is 51.4 Å². The molecule has 0 spiro atoms. The van der Waals surface area contributed by atoms with Crippen LogP contribution in [0.15, 0.2) is 12.3 Å². The topological polar surface area (TPSA) is 3.24 Å². The molecule has 0 aromatic carbocycles. The van der Waals surface area contributed by atoms with Gasteiger partial charge in [0, 0.05) is 17.8 Å². The van der Waals surface area contributed by atoms with Crippen molar-refractivity contribution in [1.29, 1.82) is 0 Å². The minimum atomic E-state index is 0.479. The average molecular weight is 268 g/mol. The molecule has 1 unspecified atom stereocenters. The zero-order chi connectivity index (χ0) is 15.2. The summed E-state index contributed by atoms with van der Waals surface area (Å²) in [7, 11) is 0. The molecule has 19 heavy (non-hydrogen) atoms. The molecule has 0 rings (SSSR count). The first-order chi connectivity index (χ1) is 8.62. The summed E-state index contributed by atoms with van der Waals surface area (Å²) < 4.78 is 0. The molecule has 0 aromatic rings. The minimum absolute atomic E-state index is 0.479. The highest BCUT2D eigenvalue weighted by molar-refractivity contribution is 4.98. The number of nitrogens with zero attached hydrogens (tertiary/aromatic N) is 1. The highest BCUT2D eigenvalue weighted by atomic mass is 15.2. The molecule has 0 saturated carbocycles. The second-order valence-corrected chi connectivity index (χ2v) is 7.42. The van der Waals surface area contributed by atoms with Crippen LogP contribution in [0.3, 0.4) is 0 Å². The maximum absolute atomic E-state index is 4.35. The lowest BCUT2D eigenvalue weighted by molar-refractivity contribution is 0.169. The Labute approximate surface area is 122 Å². The van der Waals surface area contributed by atoms with Crippen molar-refractivity contribution in [3.8, 4) is 0 Å². The summed E-state index contributed by atoms with van der Waals surface area (Å²) in [5, 5.41) is 0. The number of rotatable bonds is 9. The van der Waals surface area contributed by atoms with E-state index >= 15 is 0 Å². The van der Waals surface area contributed by atoms with Crippen LogP contribution in [-0.4, -0.2) is 17.0 Å². The quantitative estimate of drug-likeness (QED) is 0.505. The van der Waals surface area contributed by atoms with Crippen LogP contribution in [0, 0.1) is 11.3 Å². The van der Waals surface area contributed by atoms with Gasteiger partial charge in [-0.3, -0.25) is 0 Å². The Morgan fingerprint density at radius 1 is 1.11 bits per heavy atom. The Balaban J connectivity index is 4.43. The number of hydrogen-bond acceptors (Lipinski definition) is 1. The fourth-order valence-electron chi connectivity index (χ4n) is 2.52. The second kappa shape index (κ2) is 7.97. The van der Waals surface area contributed by atoms with E-state index in [0.717, 1.165) is 6.42 Å². The fourth-order valence-corrected chi connectivity index (χ4v) is 2.52. The summed E-state index contributed by atoms with van der Waals surface area (Å²) in [6.45, 7) is 22.9. The van der Waals surface area contributed by atoms with E-state index in [1.165, 1.54) is 25.0 Å². The zero-order valence-electron chi connectivity index (χ0n) is 14.7. The number of allylic oxidation sites excluding steroid dienone is 1. The van der Waals surface area contributed by atoms with Crippen LogP contribution in [0.1, 0.15) is 81.1 Å². The highest BCUT2D eigenvalue weighted by Crippen LogP contribution is 2.29. The average Bonchev–Trinajstić information content (AvgIpc) is 2.28. The van der Waals surface area contributed by atoms with Crippen LogP contribution in [0.2, 0.25) is 0 Å². The molecule has 1 nitrogen and oxygen atoms in total. The van der Waals surface area contributed by atoms with Crippen LogP contribution in [0.25, 0.3) is 0 Å². The molecule has 114 valence electrons. The van der Waals surface area contributed by atoms with Gasteiger partial charge in [0.2, 0.25) is 0 Å². The van der Waals surface area contributed by atoms with Crippen molar-refractivity contribution in [2.24, 2.45) is 11.3 Å². The fraction of sp³-hybridized carbons (Fsp3) is 0.889. The van der Waals surface area contributed by atoms with E-state index in [1.807, 2.05) is 0 Å². The van der Waals surface area contributed by atoms with Crippen LogP contribution < -0.4 is 0 Å². The third kappa shape index (κ3) is 6.49. The normalized spacial score (nSPS) is 14.0. The molecule has 0 saturated heterocycles. The lowest BCUT2D eigenvalue weighted by atomic mass is 9.84. The van der Waals surface area contributed by atoms with Gasteiger partial charge in [0.05, 0.1) is 0 Å². The van der Waals surface area contributed by atoms with Gasteiger partial charge in [0.25, 0.3) is 0 Å². The Kier molecular flexibility index (Phi) is 7.78. The molecule has 0 bridgehead atoms. The van der Waals surface area contributed by atoms with Crippen molar-refractivity contribution in [2.45, 2.75) is 93.2 Å². The van der Waals surface area contributed by atoms with Crippen molar-refractivity contribution in [1.82, 2.24) is 4.90 Å². The van der Waals surface area contributed by atoms with Gasteiger partial charge in [0.15, 0.2) is 0 Å². The van der Waals surface area contributed by atoms with E-state index in [0.29, 0.717) is 23.4 Å². The molecule has 0 aliphatic heterocycles. The van der Waals surface area contributed by atoms with Gasteiger partial charge in [-0.15, -0.1) is 0 Å². The van der Waals surface area contributed by atoms with E-state index in [1.54, 1.807) is 0 Å². The Hall–Kier alpha value is -0.460. The van der Waals surface area contributed by atoms with Crippen LogP contribution in [0.4, 0.5) is 0 Å². The largest absolute Gasteiger partial charge is 0.370 e. The lowest BCUT2D eigenvalue weighted by Gasteiger charge is -2.39. The molecule has 0 N–H and O–H groups in total. The Bertz CT molecular complexity index is 263. The van der Waals surface area contributed by atoms with Crippen LogP contribution >= 0.6 is 0 Å². The standard InChI is InChI=1S/C18H37N/c1-10-18(8,9)13-11-12-16(6)19(15(4)5)17(7)14(2)3/h14-15,17H,6,10-13H2,1-5,7-9H3. The molecular weight excluding hydrogens is 230 g/mol. The molecular formula is C18H37N. The van der Waals surface area contributed by atoms with Crippen molar-refractivity contribution in [2.75, 3.05) is 0 Å². The monoisotopic (exact) mass is 267 g/mol. The lowest BCUT2D eigenvalue weighted by Crippen LogP contribution is -2.40. The molecule has 1 heteroatoms. The SMILES string of the molecule is C=C(CCCC(C)(C)CC)N(C(C)C)C(C)C(C)C. The third-order valence-corrected chi connectivity index (χ3v) is 4.60.